The number of aliphatic hydroxyl groups is 5. The molecule has 3 saturated carbocycles. The molecule has 1 aromatic carbocycles. The fourth-order valence-corrected chi connectivity index (χ4v) is 11.3. The van der Waals surface area contributed by atoms with Crippen molar-refractivity contribution in [2.24, 2.45) is 16.7 Å². The Kier molecular flexibility index (Phi) is 10.7. The van der Waals surface area contributed by atoms with Crippen molar-refractivity contribution < 1.29 is 68.6 Å². The third-order valence-corrected chi connectivity index (χ3v) is 14.7. The van der Waals surface area contributed by atoms with Gasteiger partial charge in [-0.25, -0.2) is 4.79 Å². The predicted octanol–water partition coefficient (Wildman–Crippen LogP) is 2.82. The second-order valence-corrected chi connectivity index (χ2v) is 17.4. The molecule has 6 N–H and O–H groups in total. The number of esters is 1. The molecule has 6 aliphatic rings. The number of aliphatic hydroxyl groups excluding tert-OH is 2. The van der Waals surface area contributed by atoms with E-state index in [1.165, 1.54) is 38.3 Å². The highest BCUT2D eigenvalue weighted by molar-refractivity contribution is 5.90. The highest BCUT2D eigenvalue weighted by Crippen LogP contribution is 2.71. The molecule has 55 heavy (non-hydrogen) atoms. The van der Waals surface area contributed by atoms with Gasteiger partial charge in [-0.15, -0.1) is 0 Å². The van der Waals surface area contributed by atoms with Gasteiger partial charge in [0.2, 0.25) is 0 Å². The lowest BCUT2D eigenvalue weighted by atomic mass is 9.42. The summed E-state index contributed by atoms with van der Waals surface area (Å²) in [5, 5.41) is 68.9. The van der Waals surface area contributed by atoms with E-state index in [0.29, 0.717) is 25.7 Å². The summed E-state index contributed by atoms with van der Waals surface area (Å²) in [6.07, 6.45) is -2.66. The Morgan fingerprint density at radius 2 is 1.56 bits per heavy atom. The van der Waals surface area contributed by atoms with E-state index in [9.17, 15) is 40.2 Å². The molecular weight excluding hydrogens is 716 g/mol. The van der Waals surface area contributed by atoms with Crippen LogP contribution in [-0.4, -0.2) is 128 Å². The van der Waals surface area contributed by atoms with Gasteiger partial charge in [0.25, 0.3) is 0 Å². The molecule has 1 aromatic rings. The van der Waals surface area contributed by atoms with Crippen molar-refractivity contribution in [1.82, 2.24) is 0 Å². The van der Waals surface area contributed by atoms with Crippen LogP contribution in [0.1, 0.15) is 103 Å². The summed E-state index contributed by atoms with van der Waals surface area (Å²) in [5.41, 5.74) is -7.03. The zero-order valence-electron chi connectivity index (χ0n) is 32.6. The zero-order valence-corrected chi connectivity index (χ0v) is 32.6. The summed E-state index contributed by atoms with van der Waals surface area (Å²) in [6.45, 7) is 8.41. The molecule has 0 bridgehead atoms. The number of hydrogen-bond donors (Lipinski definition) is 6. The molecule has 16 atom stereocenters. The third kappa shape index (κ3) is 6.30. The normalized spacial score (nSPS) is 48.2. The number of fused-ring (bicyclic) bond motifs is 5. The second-order valence-electron chi connectivity index (χ2n) is 17.4. The Balaban J connectivity index is 1.08. The standard InChI is InChI=1S/C41H58O14/c1-21-34(45)29(50-6)19-33(51-21)55-35-22(2)52-32(18-28(35)44)53-27-12-13-37(4)25(17-27)11-14-40(48)30(37)20-31(54-36(46)24-7-9-26(43)10-8-24)38(5)39(47,23(3)42)15-16-41(38,40)49/h7-11,21-22,27-35,43-45,47-49H,12-20H2,1-6H3/t21-,22-,27+,28+,29+,30-,31-,32+,33+,34-,35-,37+,38-,39-,40+,41-/m1/s1. The summed E-state index contributed by atoms with van der Waals surface area (Å²) in [5.74, 6) is -1.95. The predicted molar refractivity (Wildman–Crippen MR) is 193 cm³/mol. The van der Waals surface area contributed by atoms with Gasteiger partial charge in [0.1, 0.15) is 40.9 Å². The van der Waals surface area contributed by atoms with Crippen molar-refractivity contribution >= 4 is 11.8 Å². The lowest BCUT2D eigenvalue weighted by Gasteiger charge is -2.67. The van der Waals surface area contributed by atoms with E-state index < -0.39 is 101 Å². The average Bonchev–Trinajstić information content (AvgIpc) is 3.37. The molecule has 306 valence electrons. The smallest absolute Gasteiger partial charge is 0.338 e. The number of aromatic hydroxyl groups is 1. The molecule has 2 heterocycles. The third-order valence-electron chi connectivity index (χ3n) is 14.7. The van der Waals surface area contributed by atoms with Crippen LogP contribution in [0.25, 0.3) is 0 Å². The molecule has 5 fully saturated rings. The van der Waals surface area contributed by atoms with Gasteiger partial charge in [-0.1, -0.05) is 18.6 Å². The van der Waals surface area contributed by atoms with E-state index in [0.717, 1.165) is 5.57 Å². The first kappa shape index (κ1) is 40.7. The van der Waals surface area contributed by atoms with Crippen LogP contribution in [0.5, 0.6) is 5.75 Å². The summed E-state index contributed by atoms with van der Waals surface area (Å²) >= 11 is 0. The average molecular weight is 775 g/mol. The maximum atomic E-state index is 13.6. The van der Waals surface area contributed by atoms with Crippen LogP contribution in [0, 0.1) is 16.7 Å². The molecule has 0 spiro atoms. The molecular formula is C41H58O14. The van der Waals surface area contributed by atoms with Gasteiger partial charge in [0.05, 0.1) is 41.5 Å². The number of benzene rings is 1. The van der Waals surface area contributed by atoms with Crippen molar-refractivity contribution in [3.63, 3.8) is 0 Å². The Morgan fingerprint density at radius 1 is 0.891 bits per heavy atom. The van der Waals surface area contributed by atoms with E-state index in [-0.39, 0.29) is 49.5 Å². The van der Waals surface area contributed by atoms with Crippen LogP contribution >= 0.6 is 0 Å². The van der Waals surface area contributed by atoms with Gasteiger partial charge >= 0.3 is 5.97 Å². The fraction of sp³-hybridized carbons (Fsp3) is 0.756. The monoisotopic (exact) mass is 774 g/mol. The van der Waals surface area contributed by atoms with E-state index >= 15 is 0 Å². The largest absolute Gasteiger partial charge is 0.508 e. The second kappa shape index (κ2) is 14.4. The molecule has 0 unspecified atom stereocenters. The first-order chi connectivity index (χ1) is 25.8. The molecule has 14 heteroatoms. The van der Waals surface area contributed by atoms with Crippen LogP contribution in [-0.2, 0) is 33.2 Å². The minimum absolute atomic E-state index is 0.0296. The summed E-state index contributed by atoms with van der Waals surface area (Å²) < 4.78 is 36.3. The minimum atomic E-state index is -2.07. The summed E-state index contributed by atoms with van der Waals surface area (Å²) in [4.78, 5) is 26.8. The first-order valence-corrected chi connectivity index (χ1v) is 19.7. The Hall–Kier alpha value is -2.50. The van der Waals surface area contributed by atoms with Crippen molar-refractivity contribution in [3.05, 3.63) is 41.5 Å². The van der Waals surface area contributed by atoms with Gasteiger partial charge in [0.15, 0.2) is 18.4 Å². The number of rotatable bonds is 8. The van der Waals surface area contributed by atoms with Crippen molar-refractivity contribution in [1.29, 1.82) is 0 Å². The molecule has 0 amide bonds. The Bertz CT molecular complexity index is 1640. The molecule has 2 aliphatic heterocycles. The van der Waals surface area contributed by atoms with E-state index in [4.69, 9.17) is 28.4 Å². The lowest BCUT2D eigenvalue weighted by Crippen LogP contribution is -2.78. The molecule has 4 aliphatic carbocycles. The number of Topliss-reactive ketones (excluding diaryl/α,β-unsaturated/α-hetero) is 1. The van der Waals surface area contributed by atoms with E-state index in [1.54, 1.807) is 13.8 Å². The minimum Gasteiger partial charge on any atom is -0.508 e. The van der Waals surface area contributed by atoms with Gasteiger partial charge in [0, 0.05) is 25.9 Å². The van der Waals surface area contributed by atoms with Gasteiger partial charge in [-0.3, -0.25) is 4.79 Å². The summed E-state index contributed by atoms with van der Waals surface area (Å²) in [7, 11) is 1.53. The number of phenols is 1. The maximum Gasteiger partial charge on any atom is 0.338 e. The van der Waals surface area contributed by atoms with Crippen LogP contribution in [0.4, 0.5) is 0 Å². The maximum absolute atomic E-state index is 13.6. The topological polar surface area (TPSA) is 211 Å². The highest BCUT2D eigenvalue weighted by atomic mass is 16.7. The van der Waals surface area contributed by atoms with Crippen LogP contribution < -0.4 is 0 Å². The van der Waals surface area contributed by atoms with E-state index in [1.807, 2.05) is 19.9 Å². The SMILES string of the molecule is CO[C@H]1C[C@H](O[C@H]2[C@@H](O)C[C@H](O[C@H]3CC[C@@]4(C)C(=CC[C@]5(O)[C@@H]4C[C@@H](OC(=O)c4ccc(O)cc4)[C@@]4(C)[C@]5(O)CC[C@@]4(O)C(C)=O)C3)O[C@@H]2C)O[C@H](C)[C@H]1O. The van der Waals surface area contributed by atoms with Crippen molar-refractivity contribution in [3.8, 4) is 5.75 Å². The number of phenolic OH excluding ortho intramolecular Hbond substituents is 1. The quantitative estimate of drug-likeness (QED) is 0.166. The Labute approximate surface area is 321 Å². The van der Waals surface area contributed by atoms with Crippen LogP contribution in [0.3, 0.4) is 0 Å². The molecule has 14 nitrogen and oxygen atoms in total. The van der Waals surface area contributed by atoms with Crippen molar-refractivity contribution in [2.75, 3.05) is 7.11 Å². The number of methoxy groups -OCH3 is 1. The number of ether oxygens (including phenoxy) is 6. The lowest BCUT2D eigenvalue weighted by molar-refractivity contribution is -0.320. The summed E-state index contributed by atoms with van der Waals surface area (Å²) in [6, 6.07) is 5.55. The molecule has 0 aromatic heterocycles. The van der Waals surface area contributed by atoms with Gasteiger partial charge < -0.3 is 59.1 Å². The highest BCUT2D eigenvalue weighted by Gasteiger charge is 2.81. The fourth-order valence-electron chi connectivity index (χ4n) is 11.3. The first-order valence-electron chi connectivity index (χ1n) is 19.7. The van der Waals surface area contributed by atoms with Crippen LogP contribution in [0.2, 0.25) is 0 Å². The number of hydrogen-bond acceptors (Lipinski definition) is 14. The van der Waals surface area contributed by atoms with Crippen LogP contribution in [0.15, 0.2) is 35.9 Å². The number of carbonyl (C=O) groups is 2. The zero-order chi connectivity index (χ0) is 39.9. The Morgan fingerprint density at radius 3 is 2.22 bits per heavy atom. The number of ketones is 1. The van der Waals surface area contributed by atoms with Gasteiger partial charge in [-0.2, -0.15) is 0 Å². The molecule has 7 rings (SSSR count). The van der Waals surface area contributed by atoms with Gasteiger partial charge in [-0.05, 0) is 102 Å². The molecule has 0 radical (unpaired) electrons. The molecule has 2 saturated heterocycles. The van der Waals surface area contributed by atoms with E-state index in [2.05, 4.69) is 0 Å². The number of carbonyl (C=O) groups excluding carboxylic acids is 2. The van der Waals surface area contributed by atoms with Crippen molar-refractivity contribution in [2.45, 2.75) is 171 Å².